The molecular weight excluding hydrogens is 326 g/mol. The van der Waals surface area contributed by atoms with Gasteiger partial charge in [-0.1, -0.05) is 22.0 Å². The first-order valence-electron chi connectivity index (χ1n) is 5.59. The lowest BCUT2D eigenvalue weighted by molar-refractivity contribution is 0.102. The number of carbonyl (C=O) groups is 1. The summed E-state index contributed by atoms with van der Waals surface area (Å²) in [5.74, 6) is 1.01. The molecule has 1 aromatic heterocycles. The van der Waals surface area contributed by atoms with Crippen LogP contribution in [0.1, 0.15) is 10.4 Å². The highest BCUT2D eigenvalue weighted by Crippen LogP contribution is 2.23. The quantitative estimate of drug-likeness (QED) is 0.614. The van der Waals surface area contributed by atoms with Crippen LogP contribution in [0.25, 0.3) is 0 Å². The number of pyridine rings is 1. The summed E-state index contributed by atoms with van der Waals surface area (Å²) in [5.41, 5.74) is 0.571. The van der Waals surface area contributed by atoms with Gasteiger partial charge in [-0.3, -0.25) is 9.78 Å². The molecule has 1 heterocycles. The molecule has 0 spiro atoms. The Morgan fingerprint density at radius 2 is 2.21 bits per heavy atom. The van der Waals surface area contributed by atoms with Crippen LogP contribution in [-0.2, 0) is 0 Å². The van der Waals surface area contributed by atoms with E-state index in [-0.39, 0.29) is 5.78 Å². The third-order valence-electron chi connectivity index (χ3n) is 2.44. The number of carbonyl (C=O) groups excluding carboxylic acids is 1. The first-order chi connectivity index (χ1) is 9.19. The SMILES string of the molecule is COc1cncc(C(=O)CSc2cccc(Br)c2)c1. The van der Waals surface area contributed by atoms with Crippen molar-refractivity contribution in [1.29, 1.82) is 0 Å². The number of benzene rings is 1. The number of methoxy groups -OCH3 is 1. The van der Waals surface area contributed by atoms with Gasteiger partial charge in [0.15, 0.2) is 5.78 Å². The predicted molar refractivity (Wildman–Crippen MR) is 80.0 cm³/mol. The van der Waals surface area contributed by atoms with Crippen molar-refractivity contribution in [2.24, 2.45) is 0 Å². The minimum Gasteiger partial charge on any atom is -0.495 e. The zero-order valence-electron chi connectivity index (χ0n) is 10.3. The maximum atomic E-state index is 12.0. The highest BCUT2D eigenvalue weighted by molar-refractivity contribution is 9.10. The molecule has 2 rings (SSSR count). The van der Waals surface area contributed by atoms with Gasteiger partial charge in [-0.25, -0.2) is 0 Å². The zero-order chi connectivity index (χ0) is 13.7. The monoisotopic (exact) mass is 337 g/mol. The summed E-state index contributed by atoms with van der Waals surface area (Å²) < 4.78 is 6.06. The van der Waals surface area contributed by atoms with E-state index >= 15 is 0 Å². The van der Waals surface area contributed by atoms with Crippen molar-refractivity contribution < 1.29 is 9.53 Å². The van der Waals surface area contributed by atoms with Crippen LogP contribution in [0.15, 0.2) is 52.1 Å². The van der Waals surface area contributed by atoms with Crippen LogP contribution in [0, 0.1) is 0 Å². The molecule has 0 radical (unpaired) electrons. The van der Waals surface area contributed by atoms with Crippen LogP contribution < -0.4 is 4.74 Å². The number of Topliss-reactive ketones (excluding diaryl/α,β-unsaturated/α-hetero) is 1. The first kappa shape index (κ1) is 14.1. The molecule has 0 aliphatic rings. The van der Waals surface area contributed by atoms with Gasteiger partial charge in [0.25, 0.3) is 0 Å². The standard InChI is InChI=1S/C14H12BrNO2S/c1-18-12-5-10(7-16-8-12)14(17)9-19-13-4-2-3-11(15)6-13/h2-8H,9H2,1H3. The molecule has 19 heavy (non-hydrogen) atoms. The van der Waals surface area contributed by atoms with Crippen molar-refractivity contribution >= 4 is 33.5 Å². The molecule has 0 N–H and O–H groups in total. The van der Waals surface area contributed by atoms with Gasteiger partial charge >= 0.3 is 0 Å². The maximum absolute atomic E-state index is 12.0. The molecular formula is C14H12BrNO2S. The van der Waals surface area contributed by atoms with E-state index in [1.54, 1.807) is 25.6 Å². The van der Waals surface area contributed by atoms with E-state index in [1.807, 2.05) is 24.3 Å². The van der Waals surface area contributed by atoms with Crippen LogP contribution in [0.2, 0.25) is 0 Å². The molecule has 0 aliphatic carbocycles. The van der Waals surface area contributed by atoms with Gasteiger partial charge < -0.3 is 4.74 Å². The second-order valence-electron chi connectivity index (χ2n) is 3.78. The molecule has 3 nitrogen and oxygen atoms in total. The van der Waals surface area contributed by atoms with Crippen LogP contribution in [-0.4, -0.2) is 23.6 Å². The summed E-state index contributed by atoms with van der Waals surface area (Å²) in [6, 6.07) is 9.58. The first-order valence-corrected chi connectivity index (χ1v) is 7.37. The Morgan fingerprint density at radius 3 is 2.95 bits per heavy atom. The normalized spacial score (nSPS) is 10.2. The van der Waals surface area contributed by atoms with Crippen LogP contribution >= 0.6 is 27.7 Å². The Hall–Kier alpha value is -1.33. The average Bonchev–Trinajstić information content (AvgIpc) is 2.45. The fourth-order valence-electron chi connectivity index (χ4n) is 1.47. The van der Waals surface area contributed by atoms with Crippen LogP contribution in [0.3, 0.4) is 0 Å². The van der Waals surface area contributed by atoms with Crippen molar-refractivity contribution in [1.82, 2.24) is 4.98 Å². The Morgan fingerprint density at radius 1 is 1.37 bits per heavy atom. The van der Waals surface area contributed by atoms with Crippen molar-refractivity contribution in [2.45, 2.75) is 4.90 Å². The highest BCUT2D eigenvalue weighted by atomic mass is 79.9. The summed E-state index contributed by atoms with van der Waals surface area (Å²) in [7, 11) is 1.56. The minimum atomic E-state index is 0.0383. The lowest BCUT2D eigenvalue weighted by atomic mass is 10.2. The molecule has 0 atom stereocenters. The van der Waals surface area contributed by atoms with Gasteiger partial charge in [-0.15, -0.1) is 11.8 Å². The molecule has 1 aromatic carbocycles. The lowest BCUT2D eigenvalue weighted by Gasteiger charge is -2.04. The van der Waals surface area contributed by atoms with E-state index in [9.17, 15) is 4.79 Å². The zero-order valence-corrected chi connectivity index (χ0v) is 12.7. The Kier molecular flexibility index (Phi) is 4.99. The topological polar surface area (TPSA) is 39.2 Å². The molecule has 0 fully saturated rings. The Bertz CT molecular complexity index is 589. The number of ketones is 1. The molecule has 0 unspecified atom stereocenters. The summed E-state index contributed by atoms with van der Waals surface area (Å²) in [4.78, 5) is 17.1. The van der Waals surface area contributed by atoms with E-state index in [0.29, 0.717) is 17.1 Å². The van der Waals surface area contributed by atoms with E-state index < -0.39 is 0 Å². The summed E-state index contributed by atoms with van der Waals surface area (Å²) in [6.45, 7) is 0. The van der Waals surface area contributed by atoms with Crippen molar-refractivity contribution in [3.63, 3.8) is 0 Å². The van der Waals surface area contributed by atoms with Gasteiger partial charge in [0.2, 0.25) is 0 Å². The fraction of sp³-hybridized carbons (Fsp3) is 0.143. The van der Waals surface area contributed by atoms with Crippen molar-refractivity contribution in [2.75, 3.05) is 12.9 Å². The smallest absolute Gasteiger partial charge is 0.174 e. The van der Waals surface area contributed by atoms with E-state index in [2.05, 4.69) is 20.9 Å². The molecule has 0 saturated carbocycles. The largest absolute Gasteiger partial charge is 0.495 e. The van der Waals surface area contributed by atoms with E-state index in [1.165, 1.54) is 11.8 Å². The highest BCUT2D eigenvalue weighted by Gasteiger charge is 2.08. The van der Waals surface area contributed by atoms with E-state index in [4.69, 9.17) is 4.74 Å². The fourth-order valence-corrected chi connectivity index (χ4v) is 2.87. The van der Waals surface area contributed by atoms with Crippen LogP contribution in [0.5, 0.6) is 5.75 Å². The van der Waals surface area contributed by atoms with Gasteiger partial charge in [-0.05, 0) is 24.3 Å². The Labute approximate surface area is 124 Å². The lowest BCUT2D eigenvalue weighted by Crippen LogP contribution is -2.03. The number of hydrogen-bond donors (Lipinski definition) is 0. The summed E-state index contributed by atoms with van der Waals surface area (Å²) in [5, 5.41) is 0. The molecule has 0 aliphatic heterocycles. The number of rotatable bonds is 5. The minimum absolute atomic E-state index is 0.0383. The number of nitrogens with zero attached hydrogens (tertiary/aromatic N) is 1. The number of ether oxygens (including phenoxy) is 1. The van der Waals surface area contributed by atoms with Gasteiger partial charge in [0, 0.05) is 21.1 Å². The van der Waals surface area contributed by atoms with Gasteiger partial charge in [0.1, 0.15) is 5.75 Å². The second kappa shape index (κ2) is 6.73. The van der Waals surface area contributed by atoms with Gasteiger partial charge in [-0.2, -0.15) is 0 Å². The van der Waals surface area contributed by atoms with Crippen molar-refractivity contribution in [3.8, 4) is 5.75 Å². The Balaban J connectivity index is 2.01. The molecule has 5 heteroatoms. The molecule has 2 aromatic rings. The number of thioether (sulfide) groups is 1. The number of halogens is 1. The van der Waals surface area contributed by atoms with Crippen LogP contribution in [0.4, 0.5) is 0 Å². The van der Waals surface area contributed by atoms with E-state index in [0.717, 1.165) is 9.37 Å². The van der Waals surface area contributed by atoms with Gasteiger partial charge in [0.05, 0.1) is 19.1 Å². The third-order valence-corrected chi connectivity index (χ3v) is 3.92. The average molecular weight is 338 g/mol. The third kappa shape index (κ3) is 4.08. The second-order valence-corrected chi connectivity index (χ2v) is 5.75. The molecule has 98 valence electrons. The number of hydrogen-bond acceptors (Lipinski definition) is 4. The molecule has 0 bridgehead atoms. The number of aromatic nitrogens is 1. The molecule has 0 amide bonds. The maximum Gasteiger partial charge on any atom is 0.174 e. The van der Waals surface area contributed by atoms with Crippen molar-refractivity contribution in [3.05, 3.63) is 52.8 Å². The molecule has 0 saturated heterocycles. The summed E-state index contributed by atoms with van der Waals surface area (Å²) in [6.07, 6.45) is 3.14. The summed E-state index contributed by atoms with van der Waals surface area (Å²) >= 11 is 4.91. The predicted octanol–water partition coefficient (Wildman–Crippen LogP) is 3.83.